The lowest BCUT2D eigenvalue weighted by Crippen LogP contribution is -2.26. The lowest BCUT2D eigenvalue weighted by molar-refractivity contribution is -0.116. The maximum absolute atomic E-state index is 11.9. The van der Waals surface area contributed by atoms with Crippen molar-refractivity contribution in [3.8, 4) is 5.75 Å². The quantitative estimate of drug-likeness (QED) is 0.923. The molecular weight excluding hydrogens is 256 g/mol. The van der Waals surface area contributed by atoms with Crippen molar-refractivity contribution in [1.82, 2.24) is 4.57 Å². The molecule has 0 spiro atoms. The number of carbonyl (C=O) groups excluding carboxylic acids is 1. The standard InChI is InChI=1S/C15H16N2O3/c1-11-3-8-15(19)17(9-11)10-14(18)16-12-4-6-13(20-2)7-5-12/h3-9H,10H2,1-2H3,(H,16,18). The van der Waals surface area contributed by atoms with Crippen molar-refractivity contribution in [2.24, 2.45) is 0 Å². The number of carbonyl (C=O) groups is 1. The summed E-state index contributed by atoms with van der Waals surface area (Å²) in [6.45, 7) is 1.86. The second kappa shape index (κ2) is 6.06. The SMILES string of the molecule is COc1ccc(NC(=O)Cn2cc(C)ccc2=O)cc1. The van der Waals surface area contributed by atoms with Gasteiger partial charge in [0.05, 0.1) is 7.11 Å². The molecule has 0 fully saturated rings. The molecule has 0 unspecified atom stereocenters. The molecule has 0 atom stereocenters. The van der Waals surface area contributed by atoms with Gasteiger partial charge in [-0.1, -0.05) is 6.07 Å². The van der Waals surface area contributed by atoms with E-state index >= 15 is 0 Å². The Hall–Kier alpha value is -2.56. The van der Waals surface area contributed by atoms with E-state index in [2.05, 4.69) is 5.32 Å². The number of amides is 1. The number of methoxy groups -OCH3 is 1. The molecule has 1 aromatic carbocycles. The Morgan fingerprint density at radius 3 is 2.55 bits per heavy atom. The lowest BCUT2D eigenvalue weighted by Gasteiger charge is -2.08. The monoisotopic (exact) mass is 272 g/mol. The first kappa shape index (κ1) is 13.9. The molecule has 5 nitrogen and oxygen atoms in total. The van der Waals surface area contributed by atoms with Crippen molar-refractivity contribution in [2.75, 3.05) is 12.4 Å². The van der Waals surface area contributed by atoms with E-state index in [0.29, 0.717) is 5.69 Å². The Kier molecular flexibility index (Phi) is 4.20. The van der Waals surface area contributed by atoms with Crippen molar-refractivity contribution in [1.29, 1.82) is 0 Å². The molecule has 5 heteroatoms. The number of ether oxygens (including phenoxy) is 1. The summed E-state index contributed by atoms with van der Waals surface area (Å²) in [5.41, 5.74) is 1.40. The van der Waals surface area contributed by atoms with E-state index in [9.17, 15) is 9.59 Å². The number of hydrogen-bond donors (Lipinski definition) is 1. The molecule has 1 aromatic heterocycles. The average Bonchev–Trinajstić information content (AvgIpc) is 2.43. The molecule has 0 saturated carbocycles. The molecule has 0 aliphatic rings. The number of anilines is 1. The minimum atomic E-state index is -0.247. The fraction of sp³-hybridized carbons (Fsp3) is 0.200. The largest absolute Gasteiger partial charge is 0.497 e. The van der Waals surface area contributed by atoms with Crippen molar-refractivity contribution >= 4 is 11.6 Å². The van der Waals surface area contributed by atoms with Crippen LogP contribution in [0.2, 0.25) is 0 Å². The maximum Gasteiger partial charge on any atom is 0.251 e. The molecule has 0 aliphatic carbocycles. The van der Waals surface area contributed by atoms with Gasteiger partial charge in [-0.15, -0.1) is 0 Å². The normalized spacial score (nSPS) is 10.1. The van der Waals surface area contributed by atoms with Crippen LogP contribution in [0.25, 0.3) is 0 Å². The van der Waals surface area contributed by atoms with E-state index in [1.165, 1.54) is 10.6 Å². The van der Waals surface area contributed by atoms with Crippen LogP contribution in [-0.2, 0) is 11.3 Å². The number of aromatic nitrogens is 1. The number of benzene rings is 1. The highest BCUT2D eigenvalue weighted by Gasteiger charge is 2.05. The van der Waals surface area contributed by atoms with Crippen molar-refractivity contribution in [2.45, 2.75) is 13.5 Å². The maximum atomic E-state index is 11.9. The molecule has 0 aliphatic heterocycles. The number of nitrogens with one attached hydrogen (secondary N) is 1. The molecule has 20 heavy (non-hydrogen) atoms. The van der Waals surface area contributed by atoms with Crippen LogP contribution in [0.4, 0.5) is 5.69 Å². The molecule has 1 amide bonds. The zero-order valence-corrected chi connectivity index (χ0v) is 11.4. The van der Waals surface area contributed by atoms with Gasteiger partial charge in [-0.05, 0) is 36.8 Å². The van der Waals surface area contributed by atoms with Crippen molar-refractivity contribution in [3.63, 3.8) is 0 Å². The second-order valence-electron chi connectivity index (χ2n) is 4.45. The summed E-state index contributed by atoms with van der Waals surface area (Å²) in [5, 5.41) is 2.73. The lowest BCUT2D eigenvalue weighted by atomic mass is 10.3. The Balaban J connectivity index is 2.04. The molecule has 1 heterocycles. The van der Waals surface area contributed by atoms with Gasteiger partial charge in [-0.2, -0.15) is 0 Å². The van der Waals surface area contributed by atoms with Crippen LogP contribution in [-0.4, -0.2) is 17.6 Å². The van der Waals surface area contributed by atoms with Gasteiger partial charge >= 0.3 is 0 Å². The van der Waals surface area contributed by atoms with E-state index in [4.69, 9.17) is 4.74 Å². The van der Waals surface area contributed by atoms with E-state index in [1.54, 1.807) is 43.6 Å². The smallest absolute Gasteiger partial charge is 0.251 e. The van der Waals surface area contributed by atoms with Gasteiger partial charge in [0.2, 0.25) is 5.91 Å². The molecule has 0 saturated heterocycles. The van der Waals surface area contributed by atoms with E-state index in [0.717, 1.165) is 11.3 Å². The van der Waals surface area contributed by atoms with Gasteiger partial charge in [0.1, 0.15) is 12.3 Å². The van der Waals surface area contributed by atoms with E-state index < -0.39 is 0 Å². The zero-order chi connectivity index (χ0) is 14.5. The highest BCUT2D eigenvalue weighted by Crippen LogP contribution is 2.14. The molecular formula is C15H16N2O3. The predicted octanol–water partition coefficient (Wildman–Crippen LogP) is 1.80. The van der Waals surface area contributed by atoms with Crippen LogP contribution in [0.5, 0.6) is 5.75 Å². The number of hydrogen-bond acceptors (Lipinski definition) is 3. The van der Waals surface area contributed by atoms with Crippen molar-refractivity contribution < 1.29 is 9.53 Å². The summed E-state index contributed by atoms with van der Waals surface area (Å²) in [7, 11) is 1.58. The Morgan fingerprint density at radius 2 is 1.90 bits per heavy atom. The highest BCUT2D eigenvalue weighted by molar-refractivity contribution is 5.90. The molecule has 104 valence electrons. The fourth-order valence-electron chi connectivity index (χ4n) is 1.80. The van der Waals surface area contributed by atoms with Crippen LogP contribution >= 0.6 is 0 Å². The van der Waals surface area contributed by atoms with Gasteiger partial charge in [0, 0.05) is 18.0 Å². The highest BCUT2D eigenvalue weighted by atomic mass is 16.5. The van der Waals surface area contributed by atoms with E-state index in [-0.39, 0.29) is 18.0 Å². The summed E-state index contributed by atoms with van der Waals surface area (Å²) in [4.78, 5) is 23.5. The molecule has 2 rings (SSSR count). The first-order valence-corrected chi connectivity index (χ1v) is 6.19. The predicted molar refractivity (Wildman–Crippen MR) is 77.1 cm³/mol. The van der Waals surface area contributed by atoms with Gasteiger partial charge < -0.3 is 14.6 Å². The number of aryl methyl sites for hydroxylation is 1. The van der Waals surface area contributed by atoms with Crippen LogP contribution in [0.1, 0.15) is 5.56 Å². The zero-order valence-electron chi connectivity index (χ0n) is 11.4. The topological polar surface area (TPSA) is 60.3 Å². The third-order valence-electron chi connectivity index (χ3n) is 2.82. The van der Waals surface area contributed by atoms with Gasteiger partial charge in [0.25, 0.3) is 5.56 Å². The van der Waals surface area contributed by atoms with Gasteiger partial charge in [0.15, 0.2) is 0 Å². The second-order valence-corrected chi connectivity index (χ2v) is 4.45. The molecule has 2 aromatic rings. The summed E-state index contributed by atoms with van der Waals surface area (Å²) in [6, 6.07) is 10.2. The van der Waals surface area contributed by atoms with Crippen LogP contribution in [0.3, 0.4) is 0 Å². The minimum Gasteiger partial charge on any atom is -0.497 e. The minimum absolute atomic E-state index is 0.00740. The van der Waals surface area contributed by atoms with Gasteiger partial charge in [-0.3, -0.25) is 9.59 Å². The fourth-order valence-corrected chi connectivity index (χ4v) is 1.80. The molecule has 0 radical (unpaired) electrons. The number of pyridine rings is 1. The Morgan fingerprint density at radius 1 is 1.20 bits per heavy atom. The third kappa shape index (κ3) is 3.47. The molecule has 1 N–H and O–H groups in total. The van der Waals surface area contributed by atoms with Crippen LogP contribution in [0.15, 0.2) is 47.4 Å². The Bertz CT molecular complexity index is 660. The Labute approximate surface area is 116 Å². The van der Waals surface area contributed by atoms with Crippen LogP contribution < -0.4 is 15.6 Å². The summed E-state index contributed by atoms with van der Waals surface area (Å²) >= 11 is 0. The van der Waals surface area contributed by atoms with Crippen molar-refractivity contribution in [3.05, 3.63) is 58.5 Å². The summed E-state index contributed by atoms with van der Waals surface area (Å²) in [5.74, 6) is 0.473. The van der Waals surface area contributed by atoms with Crippen LogP contribution in [0, 0.1) is 6.92 Å². The number of nitrogens with zero attached hydrogens (tertiary/aromatic N) is 1. The van der Waals surface area contributed by atoms with Gasteiger partial charge in [-0.25, -0.2) is 0 Å². The third-order valence-corrected chi connectivity index (χ3v) is 2.82. The molecule has 0 bridgehead atoms. The average molecular weight is 272 g/mol. The summed E-state index contributed by atoms with van der Waals surface area (Å²) in [6.07, 6.45) is 1.66. The number of rotatable bonds is 4. The first-order valence-electron chi connectivity index (χ1n) is 6.19. The van der Waals surface area contributed by atoms with E-state index in [1.807, 2.05) is 6.92 Å². The first-order chi connectivity index (χ1) is 9.58. The summed E-state index contributed by atoms with van der Waals surface area (Å²) < 4.78 is 6.42.